The molecule has 2 atom stereocenters. The average Bonchev–Trinajstić information content (AvgIpc) is 2.75. The zero-order valence-corrected chi connectivity index (χ0v) is 9.29. The van der Waals surface area contributed by atoms with E-state index in [1.165, 1.54) is 42.3 Å². The van der Waals surface area contributed by atoms with E-state index in [1.807, 2.05) is 0 Å². The topological polar surface area (TPSA) is 27.8 Å². The largest absolute Gasteiger partial charge is 0.361 e. The van der Waals surface area contributed by atoms with Crippen molar-refractivity contribution >= 4 is 10.9 Å². The van der Waals surface area contributed by atoms with Crippen LogP contribution in [0.15, 0.2) is 24.4 Å². The van der Waals surface area contributed by atoms with Crippen molar-refractivity contribution in [3.8, 4) is 0 Å². The summed E-state index contributed by atoms with van der Waals surface area (Å²) in [5.74, 6) is 0.737. The Hall–Kier alpha value is -1.28. The second kappa shape index (κ2) is 3.11. The maximum atomic E-state index is 3.68. The minimum Gasteiger partial charge on any atom is -0.361 e. The number of benzene rings is 1. The Morgan fingerprint density at radius 1 is 1.25 bits per heavy atom. The van der Waals surface area contributed by atoms with E-state index < -0.39 is 0 Å². The molecule has 1 fully saturated rings. The van der Waals surface area contributed by atoms with E-state index in [9.17, 15) is 0 Å². The van der Waals surface area contributed by atoms with E-state index in [0.717, 1.165) is 5.92 Å². The first-order valence-electron chi connectivity index (χ1n) is 6.26. The van der Waals surface area contributed by atoms with Crippen LogP contribution in [0.3, 0.4) is 0 Å². The molecule has 1 aliphatic carbocycles. The number of aromatic amines is 1. The summed E-state index contributed by atoms with van der Waals surface area (Å²) in [5, 5.41) is 5.19. The molecule has 0 spiro atoms. The van der Waals surface area contributed by atoms with Gasteiger partial charge in [0.15, 0.2) is 0 Å². The van der Waals surface area contributed by atoms with Crippen LogP contribution in [-0.4, -0.2) is 17.6 Å². The summed E-state index contributed by atoms with van der Waals surface area (Å²) in [6.07, 6.45) is 6.06. The number of aromatic nitrogens is 1. The molecule has 16 heavy (non-hydrogen) atoms. The minimum absolute atomic E-state index is 0.669. The monoisotopic (exact) mass is 212 g/mol. The van der Waals surface area contributed by atoms with Crippen LogP contribution in [0.5, 0.6) is 0 Å². The van der Waals surface area contributed by atoms with Crippen molar-refractivity contribution in [1.29, 1.82) is 0 Å². The molecule has 0 saturated carbocycles. The smallest absolute Gasteiger partial charge is 0.0459 e. The van der Waals surface area contributed by atoms with Gasteiger partial charge in [0.1, 0.15) is 0 Å². The Labute approximate surface area is 95.1 Å². The number of hydrogen-bond donors (Lipinski definition) is 2. The van der Waals surface area contributed by atoms with Gasteiger partial charge in [-0.2, -0.15) is 0 Å². The van der Waals surface area contributed by atoms with Crippen LogP contribution in [0.25, 0.3) is 10.9 Å². The molecule has 0 bridgehead atoms. The van der Waals surface area contributed by atoms with Gasteiger partial charge >= 0.3 is 0 Å². The van der Waals surface area contributed by atoms with Gasteiger partial charge in [0.05, 0.1) is 0 Å². The highest BCUT2D eigenvalue weighted by atomic mass is 14.9. The van der Waals surface area contributed by atoms with Crippen molar-refractivity contribution in [3.63, 3.8) is 0 Å². The highest BCUT2D eigenvalue weighted by molar-refractivity contribution is 5.88. The highest BCUT2D eigenvalue weighted by Gasteiger charge is 2.32. The zero-order valence-electron chi connectivity index (χ0n) is 9.29. The van der Waals surface area contributed by atoms with Gasteiger partial charge in [-0.15, -0.1) is 0 Å². The van der Waals surface area contributed by atoms with Crippen molar-refractivity contribution < 1.29 is 0 Å². The molecule has 0 amide bonds. The fraction of sp³-hybridized carbons (Fsp3) is 0.429. The first-order chi connectivity index (χ1) is 7.93. The molecule has 0 radical (unpaired) electrons. The normalized spacial score (nSPS) is 28.0. The minimum atomic E-state index is 0.669. The second-order valence-electron chi connectivity index (χ2n) is 5.10. The number of nitrogens with one attached hydrogen (secondary N) is 2. The summed E-state index contributed by atoms with van der Waals surface area (Å²) in [4.78, 5) is 3.40. The third-order valence-electron chi connectivity index (χ3n) is 4.24. The molecular weight excluding hydrogens is 196 g/mol. The summed E-state index contributed by atoms with van der Waals surface area (Å²) in [6.45, 7) is 1.19. The van der Waals surface area contributed by atoms with Crippen molar-refractivity contribution in [3.05, 3.63) is 35.5 Å². The predicted molar refractivity (Wildman–Crippen MR) is 65.8 cm³/mol. The standard InChI is InChI=1S/C14H16N2/c1-3-11-10-4-2-6-15-13(10)7-9-8-16-12(5-1)14(9)11/h1,3,5,8,10,13,15-16H,2,4,6-7H2/t10-,13+/m1/s1. The Morgan fingerprint density at radius 3 is 3.25 bits per heavy atom. The van der Waals surface area contributed by atoms with E-state index in [0.29, 0.717) is 6.04 Å². The van der Waals surface area contributed by atoms with Crippen LogP contribution in [0.2, 0.25) is 0 Å². The number of rotatable bonds is 0. The molecule has 2 nitrogen and oxygen atoms in total. The number of fused-ring (bicyclic) bond motifs is 2. The molecule has 2 heteroatoms. The zero-order chi connectivity index (χ0) is 10.5. The Balaban J connectivity index is 1.98. The van der Waals surface area contributed by atoms with E-state index in [2.05, 4.69) is 34.7 Å². The predicted octanol–water partition coefficient (Wildman–Crippen LogP) is 2.56. The van der Waals surface area contributed by atoms with Crippen LogP contribution < -0.4 is 5.32 Å². The summed E-state index contributed by atoms with van der Waals surface area (Å²) in [5.41, 5.74) is 4.38. The fourth-order valence-corrected chi connectivity index (χ4v) is 3.53. The molecule has 82 valence electrons. The van der Waals surface area contributed by atoms with Gasteiger partial charge in [-0.05, 0) is 43.0 Å². The Bertz CT molecular complexity index is 541. The Morgan fingerprint density at radius 2 is 2.25 bits per heavy atom. The van der Waals surface area contributed by atoms with Gasteiger partial charge in [-0.25, -0.2) is 0 Å². The van der Waals surface area contributed by atoms with Gasteiger partial charge in [-0.3, -0.25) is 0 Å². The maximum Gasteiger partial charge on any atom is 0.0459 e. The molecule has 0 unspecified atom stereocenters. The summed E-state index contributed by atoms with van der Waals surface area (Å²) in [7, 11) is 0. The molecule has 1 aromatic carbocycles. The lowest BCUT2D eigenvalue weighted by molar-refractivity contribution is 0.345. The molecule has 2 N–H and O–H groups in total. The lowest BCUT2D eigenvalue weighted by atomic mass is 9.76. The van der Waals surface area contributed by atoms with Crippen molar-refractivity contribution in [2.75, 3.05) is 6.54 Å². The lowest BCUT2D eigenvalue weighted by Crippen LogP contribution is -2.43. The summed E-state index contributed by atoms with van der Waals surface area (Å²) in [6, 6.07) is 7.37. The third kappa shape index (κ3) is 1.05. The van der Waals surface area contributed by atoms with Gasteiger partial charge in [0.2, 0.25) is 0 Å². The first kappa shape index (κ1) is 8.82. The number of piperidine rings is 1. The van der Waals surface area contributed by atoms with Crippen LogP contribution in [0.4, 0.5) is 0 Å². The van der Waals surface area contributed by atoms with Crippen LogP contribution in [0.1, 0.15) is 29.9 Å². The quantitative estimate of drug-likeness (QED) is 0.690. The van der Waals surface area contributed by atoms with E-state index >= 15 is 0 Å². The van der Waals surface area contributed by atoms with Crippen LogP contribution in [-0.2, 0) is 6.42 Å². The van der Waals surface area contributed by atoms with Gasteiger partial charge in [0, 0.05) is 29.1 Å². The van der Waals surface area contributed by atoms with E-state index in [4.69, 9.17) is 0 Å². The molecule has 1 aromatic heterocycles. The number of H-pyrrole nitrogens is 1. The maximum absolute atomic E-state index is 3.68. The lowest BCUT2D eigenvalue weighted by Gasteiger charge is -2.36. The summed E-state index contributed by atoms with van der Waals surface area (Å²) < 4.78 is 0. The van der Waals surface area contributed by atoms with Crippen LogP contribution in [0, 0.1) is 0 Å². The van der Waals surface area contributed by atoms with E-state index in [-0.39, 0.29) is 0 Å². The summed E-state index contributed by atoms with van der Waals surface area (Å²) >= 11 is 0. The average molecular weight is 212 g/mol. The SMILES string of the molecule is c1cc2c3c(c[nH]c3c1)C[C@@H]1NCCC[C@H]21. The second-order valence-corrected chi connectivity index (χ2v) is 5.10. The fourth-order valence-electron chi connectivity index (χ4n) is 3.53. The molecular formula is C14H16N2. The van der Waals surface area contributed by atoms with Gasteiger partial charge in [-0.1, -0.05) is 12.1 Å². The van der Waals surface area contributed by atoms with Gasteiger partial charge in [0.25, 0.3) is 0 Å². The molecule has 4 rings (SSSR count). The third-order valence-corrected chi connectivity index (χ3v) is 4.24. The van der Waals surface area contributed by atoms with Crippen molar-refractivity contribution in [2.24, 2.45) is 0 Å². The molecule has 2 aliphatic rings. The van der Waals surface area contributed by atoms with Crippen molar-refractivity contribution in [2.45, 2.75) is 31.2 Å². The van der Waals surface area contributed by atoms with Crippen LogP contribution >= 0.6 is 0 Å². The molecule has 2 aromatic rings. The first-order valence-corrected chi connectivity index (χ1v) is 6.26. The molecule has 1 aliphatic heterocycles. The Kier molecular flexibility index (Phi) is 1.71. The number of hydrogen-bond acceptors (Lipinski definition) is 1. The molecule has 1 saturated heterocycles. The van der Waals surface area contributed by atoms with Crippen molar-refractivity contribution in [1.82, 2.24) is 10.3 Å². The van der Waals surface area contributed by atoms with E-state index in [1.54, 1.807) is 5.56 Å². The highest BCUT2D eigenvalue weighted by Crippen LogP contribution is 2.40. The molecule has 2 heterocycles. The van der Waals surface area contributed by atoms with Gasteiger partial charge < -0.3 is 10.3 Å².